The zero-order chi connectivity index (χ0) is 13.4. The number of imidazole rings is 1. The summed E-state index contributed by atoms with van der Waals surface area (Å²) in [5.74, 6) is 1.20. The number of rotatable bonds is 2. The normalized spacial score (nSPS) is 10.8. The number of aryl methyl sites for hydroxylation is 1. The van der Waals surface area contributed by atoms with Gasteiger partial charge in [0.2, 0.25) is 5.95 Å². The Balaban J connectivity index is 2.36. The predicted octanol–water partition coefficient (Wildman–Crippen LogP) is 2.92. The molecule has 0 aliphatic rings. The highest BCUT2D eigenvalue weighted by Gasteiger charge is 2.14. The molecule has 3 rings (SSSR count). The fraction of sp³-hybridized carbons (Fsp3) is 0.133. The van der Waals surface area contributed by atoms with Gasteiger partial charge in [0.25, 0.3) is 0 Å². The van der Waals surface area contributed by atoms with E-state index in [0.29, 0.717) is 5.95 Å². The lowest BCUT2D eigenvalue weighted by Crippen LogP contribution is -2.02. The van der Waals surface area contributed by atoms with Crippen molar-refractivity contribution in [3.63, 3.8) is 0 Å². The molecule has 1 heterocycles. The Morgan fingerprint density at radius 2 is 1.89 bits per heavy atom. The first kappa shape index (κ1) is 11.6. The van der Waals surface area contributed by atoms with Crippen LogP contribution in [0.2, 0.25) is 0 Å². The van der Waals surface area contributed by atoms with Crippen LogP contribution in [0.15, 0.2) is 42.5 Å². The van der Waals surface area contributed by atoms with Gasteiger partial charge in [-0.1, -0.05) is 24.3 Å². The molecule has 1 aromatic heterocycles. The summed E-state index contributed by atoms with van der Waals surface area (Å²) in [5, 5.41) is 0. The molecule has 4 heteroatoms. The molecule has 0 radical (unpaired) electrons. The van der Waals surface area contributed by atoms with Crippen molar-refractivity contribution in [3.8, 4) is 11.4 Å². The molecule has 0 saturated heterocycles. The zero-order valence-corrected chi connectivity index (χ0v) is 10.9. The minimum atomic E-state index is 0.466. The summed E-state index contributed by atoms with van der Waals surface area (Å²) in [6.45, 7) is 2.06. The average Bonchev–Trinajstić information content (AvgIpc) is 2.75. The second kappa shape index (κ2) is 4.31. The molecule has 0 amide bonds. The number of anilines is 1. The Hall–Kier alpha value is -2.49. The van der Waals surface area contributed by atoms with Crippen LogP contribution in [0.5, 0.6) is 5.75 Å². The monoisotopic (exact) mass is 253 g/mol. The van der Waals surface area contributed by atoms with E-state index in [0.717, 1.165) is 28.0 Å². The summed E-state index contributed by atoms with van der Waals surface area (Å²) in [6.07, 6.45) is 0. The van der Waals surface area contributed by atoms with Crippen molar-refractivity contribution in [2.45, 2.75) is 6.92 Å². The van der Waals surface area contributed by atoms with Gasteiger partial charge in [-0.15, -0.1) is 0 Å². The molecule has 0 aliphatic carbocycles. The molecular formula is C15H15N3O. The third-order valence-electron chi connectivity index (χ3n) is 3.25. The number of para-hydroxylation sites is 2. The maximum Gasteiger partial charge on any atom is 0.206 e. The van der Waals surface area contributed by atoms with Crippen LogP contribution in [-0.4, -0.2) is 16.7 Å². The smallest absolute Gasteiger partial charge is 0.206 e. The summed E-state index contributed by atoms with van der Waals surface area (Å²) in [4.78, 5) is 4.42. The largest absolute Gasteiger partial charge is 0.494 e. The summed E-state index contributed by atoms with van der Waals surface area (Å²) in [7, 11) is 1.64. The number of hydrogen-bond acceptors (Lipinski definition) is 3. The number of ether oxygens (including phenoxy) is 1. The topological polar surface area (TPSA) is 53.1 Å². The second-order valence-electron chi connectivity index (χ2n) is 4.42. The van der Waals surface area contributed by atoms with Crippen molar-refractivity contribution >= 4 is 17.0 Å². The van der Waals surface area contributed by atoms with Crippen LogP contribution < -0.4 is 10.5 Å². The Morgan fingerprint density at radius 3 is 2.63 bits per heavy atom. The van der Waals surface area contributed by atoms with E-state index in [9.17, 15) is 0 Å². The second-order valence-corrected chi connectivity index (χ2v) is 4.42. The summed E-state index contributed by atoms with van der Waals surface area (Å²) in [5.41, 5.74) is 9.99. The van der Waals surface area contributed by atoms with Crippen molar-refractivity contribution in [1.82, 2.24) is 9.55 Å². The SMILES string of the molecule is COc1cccc2c1nc(N)n2-c1ccccc1C. The number of nitrogens with two attached hydrogens (primary N) is 1. The van der Waals surface area contributed by atoms with E-state index in [4.69, 9.17) is 10.5 Å². The number of fused-ring (bicyclic) bond motifs is 1. The summed E-state index contributed by atoms with van der Waals surface area (Å²) >= 11 is 0. The minimum absolute atomic E-state index is 0.466. The highest BCUT2D eigenvalue weighted by atomic mass is 16.5. The first-order valence-electron chi connectivity index (χ1n) is 6.09. The van der Waals surface area contributed by atoms with Gasteiger partial charge >= 0.3 is 0 Å². The van der Waals surface area contributed by atoms with Crippen LogP contribution in [0, 0.1) is 6.92 Å². The molecule has 3 aromatic rings. The van der Waals surface area contributed by atoms with Crippen molar-refractivity contribution in [2.75, 3.05) is 12.8 Å². The van der Waals surface area contributed by atoms with Crippen LogP contribution in [0.25, 0.3) is 16.7 Å². The van der Waals surface area contributed by atoms with E-state index in [1.54, 1.807) is 7.11 Å². The van der Waals surface area contributed by atoms with Gasteiger partial charge in [0.15, 0.2) is 0 Å². The first-order valence-corrected chi connectivity index (χ1v) is 6.09. The molecule has 19 heavy (non-hydrogen) atoms. The van der Waals surface area contributed by atoms with Gasteiger partial charge in [0.05, 0.1) is 18.3 Å². The lowest BCUT2D eigenvalue weighted by molar-refractivity contribution is 0.419. The standard InChI is InChI=1S/C15H15N3O/c1-10-6-3-4-7-11(10)18-12-8-5-9-13(19-2)14(12)17-15(18)16/h3-9H,1-2H3,(H2,16,17). The average molecular weight is 253 g/mol. The molecule has 96 valence electrons. The number of nitrogen functional groups attached to an aromatic ring is 1. The van der Waals surface area contributed by atoms with E-state index in [2.05, 4.69) is 18.0 Å². The maximum atomic E-state index is 6.07. The lowest BCUT2D eigenvalue weighted by Gasteiger charge is -2.09. The summed E-state index contributed by atoms with van der Waals surface area (Å²) in [6, 6.07) is 13.9. The number of hydrogen-bond donors (Lipinski definition) is 1. The zero-order valence-electron chi connectivity index (χ0n) is 10.9. The first-order chi connectivity index (χ1) is 9.22. The van der Waals surface area contributed by atoms with Gasteiger partial charge in [-0.05, 0) is 30.7 Å². The quantitative estimate of drug-likeness (QED) is 0.764. The number of methoxy groups -OCH3 is 1. The Labute approximate surface area is 111 Å². The van der Waals surface area contributed by atoms with Gasteiger partial charge in [-0.2, -0.15) is 0 Å². The van der Waals surface area contributed by atoms with Gasteiger partial charge < -0.3 is 10.5 Å². The van der Waals surface area contributed by atoms with E-state index in [1.807, 2.05) is 41.0 Å². The number of benzene rings is 2. The van der Waals surface area contributed by atoms with Crippen molar-refractivity contribution < 1.29 is 4.74 Å². The number of nitrogens with zero attached hydrogens (tertiary/aromatic N) is 2. The van der Waals surface area contributed by atoms with E-state index in [-0.39, 0.29) is 0 Å². The van der Waals surface area contributed by atoms with E-state index in [1.165, 1.54) is 0 Å². The molecule has 0 fully saturated rings. The predicted molar refractivity (Wildman–Crippen MR) is 76.8 cm³/mol. The van der Waals surface area contributed by atoms with Gasteiger partial charge in [0.1, 0.15) is 11.3 Å². The van der Waals surface area contributed by atoms with Crippen LogP contribution >= 0.6 is 0 Å². The van der Waals surface area contributed by atoms with Crippen molar-refractivity contribution in [1.29, 1.82) is 0 Å². The molecule has 0 aliphatic heterocycles. The molecule has 0 spiro atoms. The molecule has 2 N–H and O–H groups in total. The van der Waals surface area contributed by atoms with E-state index >= 15 is 0 Å². The van der Waals surface area contributed by atoms with Crippen molar-refractivity contribution in [2.24, 2.45) is 0 Å². The van der Waals surface area contributed by atoms with Crippen LogP contribution in [0.4, 0.5) is 5.95 Å². The van der Waals surface area contributed by atoms with E-state index < -0.39 is 0 Å². The Kier molecular flexibility index (Phi) is 2.63. The molecule has 4 nitrogen and oxygen atoms in total. The number of aromatic nitrogens is 2. The minimum Gasteiger partial charge on any atom is -0.494 e. The maximum absolute atomic E-state index is 6.07. The molecular weight excluding hydrogens is 238 g/mol. The Bertz CT molecular complexity index is 746. The molecule has 2 aromatic carbocycles. The third-order valence-corrected chi connectivity index (χ3v) is 3.25. The highest BCUT2D eigenvalue weighted by molar-refractivity contribution is 5.86. The van der Waals surface area contributed by atoms with Crippen molar-refractivity contribution in [3.05, 3.63) is 48.0 Å². The highest BCUT2D eigenvalue weighted by Crippen LogP contribution is 2.30. The molecule has 0 saturated carbocycles. The van der Waals surface area contributed by atoms with Crippen LogP contribution in [-0.2, 0) is 0 Å². The van der Waals surface area contributed by atoms with Crippen LogP contribution in [0.3, 0.4) is 0 Å². The third kappa shape index (κ3) is 1.73. The van der Waals surface area contributed by atoms with Gasteiger partial charge in [-0.25, -0.2) is 4.98 Å². The Morgan fingerprint density at radius 1 is 1.11 bits per heavy atom. The molecule has 0 atom stereocenters. The fourth-order valence-corrected chi connectivity index (χ4v) is 2.32. The molecule has 0 unspecified atom stereocenters. The molecule has 0 bridgehead atoms. The van der Waals surface area contributed by atoms with Gasteiger partial charge in [0, 0.05) is 0 Å². The summed E-state index contributed by atoms with van der Waals surface area (Å²) < 4.78 is 7.28. The fourth-order valence-electron chi connectivity index (χ4n) is 2.32. The lowest BCUT2D eigenvalue weighted by atomic mass is 10.2. The van der Waals surface area contributed by atoms with Gasteiger partial charge in [-0.3, -0.25) is 4.57 Å². The van der Waals surface area contributed by atoms with Crippen LogP contribution in [0.1, 0.15) is 5.56 Å².